The first-order valence-corrected chi connectivity index (χ1v) is 11.7. The van der Waals surface area contributed by atoms with Crippen molar-refractivity contribution in [2.45, 2.75) is 31.4 Å². The van der Waals surface area contributed by atoms with Gasteiger partial charge in [-0.1, -0.05) is 24.3 Å². The highest BCUT2D eigenvalue weighted by atomic mass is 19.2. The van der Waals surface area contributed by atoms with Crippen LogP contribution in [-0.2, 0) is 11.2 Å². The summed E-state index contributed by atoms with van der Waals surface area (Å²) in [5.74, 6) is -6.83. The number of amides is 1. The molecule has 0 radical (unpaired) electrons. The van der Waals surface area contributed by atoms with E-state index >= 15 is 0 Å². The standard InChI is InChI=1S/C28H20F4N2O4/c29-19-4-1-5-20(30)25(19)27(35)34-23(28(36)37)11-14-6-9-16(17-3-2-10-33-26(14)17)18-12-21(31)22(32)13-24(18)38-15-7-8-15/h1-6,9-10,12-13,15,23H,7-8,11H2,(H,34,35)(H,36,37). The van der Waals surface area contributed by atoms with Crippen LogP contribution in [0, 0.1) is 23.3 Å². The molecule has 2 N–H and O–H groups in total. The predicted octanol–water partition coefficient (Wildman–Crippen LogP) is 5.43. The molecule has 0 spiro atoms. The molecule has 1 fully saturated rings. The number of aliphatic carboxylic acids is 1. The Labute approximate surface area is 213 Å². The molecule has 4 aromatic rings. The number of nitrogens with zero attached hydrogens (tertiary/aromatic N) is 1. The molecule has 0 saturated heterocycles. The van der Waals surface area contributed by atoms with Crippen molar-refractivity contribution in [1.29, 1.82) is 0 Å². The van der Waals surface area contributed by atoms with E-state index in [1.54, 1.807) is 24.3 Å². The van der Waals surface area contributed by atoms with Crippen molar-refractivity contribution in [3.05, 3.63) is 95.2 Å². The molecule has 0 aliphatic heterocycles. The maximum atomic E-state index is 14.3. The summed E-state index contributed by atoms with van der Waals surface area (Å²) < 4.78 is 62.2. The minimum absolute atomic E-state index is 0.0819. The molecule has 1 amide bonds. The number of aromatic nitrogens is 1. The summed E-state index contributed by atoms with van der Waals surface area (Å²) in [4.78, 5) is 28.9. The fourth-order valence-corrected chi connectivity index (χ4v) is 4.20. The molecule has 1 unspecified atom stereocenters. The largest absolute Gasteiger partial charge is 0.490 e. The van der Waals surface area contributed by atoms with Gasteiger partial charge in [-0.05, 0) is 48.2 Å². The number of ether oxygens (including phenoxy) is 1. The summed E-state index contributed by atoms with van der Waals surface area (Å²) >= 11 is 0. The second-order valence-electron chi connectivity index (χ2n) is 8.92. The molecule has 1 aliphatic rings. The summed E-state index contributed by atoms with van der Waals surface area (Å²) in [6.07, 6.45) is 2.73. The molecule has 0 bridgehead atoms. The van der Waals surface area contributed by atoms with Crippen molar-refractivity contribution in [1.82, 2.24) is 10.3 Å². The lowest BCUT2D eigenvalue weighted by atomic mass is 9.94. The molecule has 38 heavy (non-hydrogen) atoms. The first kappa shape index (κ1) is 25.2. The lowest BCUT2D eigenvalue weighted by molar-refractivity contribution is -0.139. The Hall–Kier alpha value is -4.47. The summed E-state index contributed by atoms with van der Waals surface area (Å²) in [5, 5.41) is 12.4. The van der Waals surface area contributed by atoms with Gasteiger partial charge >= 0.3 is 5.97 Å². The molecule has 194 valence electrons. The van der Waals surface area contributed by atoms with Gasteiger partial charge in [-0.25, -0.2) is 22.4 Å². The van der Waals surface area contributed by atoms with E-state index in [0.29, 0.717) is 27.6 Å². The molecule has 1 heterocycles. The number of rotatable bonds is 8. The fourth-order valence-electron chi connectivity index (χ4n) is 4.20. The summed E-state index contributed by atoms with van der Waals surface area (Å²) in [7, 11) is 0. The molecule has 1 aromatic heterocycles. The number of benzene rings is 3. The van der Waals surface area contributed by atoms with Gasteiger partial charge in [0.2, 0.25) is 0 Å². The van der Waals surface area contributed by atoms with Crippen LogP contribution >= 0.6 is 0 Å². The Bertz CT molecular complexity index is 1550. The summed E-state index contributed by atoms with van der Waals surface area (Å²) in [6, 6.07) is 9.84. The first-order valence-electron chi connectivity index (χ1n) is 11.7. The van der Waals surface area contributed by atoms with Gasteiger partial charge in [0.05, 0.1) is 11.6 Å². The van der Waals surface area contributed by atoms with Crippen LogP contribution in [-0.4, -0.2) is 34.1 Å². The van der Waals surface area contributed by atoms with Crippen LogP contribution in [0.25, 0.3) is 22.0 Å². The molecular weight excluding hydrogens is 504 g/mol. The normalized spacial score (nSPS) is 13.8. The zero-order valence-corrected chi connectivity index (χ0v) is 19.7. The van der Waals surface area contributed by atoms with Crippen LogP contribution in [0.1, 0.15) is 28.8 Å². The smallest absolute Gasteiger partial charge is 0.326 e. The highest BCUT2D eigenvalue weighted by Gasteiger charge is 2.28. The van der Waals surface area contributed by atoms with Crippen LogP contribution in [0.2, 0.25) is 0 Å². The molecule has 5 rings (SSSR count). The van der Waals surface area contributed by atoms with Gasteiger partial charge in [-0.2, -0.15) is 0 Å². The Kier molecular flexibility index (Phi) is 6.71. The molecule has 1 aliphatic carbocycles. The quantitative estimate of drug-likeness (QED) is 0.301. The number of hydrogen-bond donors (Lipinski definition) is 2. The van der Waals surface area contributed by atoms with Crippen molar-refractivity contribution < 1.29 is 37.0 Å². The second kappa shape index (κ2) is 10.1. The molecule has 3 aromatic carbocycles. The summed E-state index contributed by atoms with van der Waals surface area (Å²) in [5.41, 5.74) is 0.649. The Morgan fingerprint density at radius 2 is 1.66 bits per heavy atom. The SMILES string of the molecule is O=C(NC(Cc1ccc(-c2cc(F)c(F)cc2OC2CC2)c2cccnc12)C(=O)O)c1c(F)cccc1F. The molecule has 1 saturated carbocycles. The van der Waals surface area contributed by atoms with E-state index in [-0.39, 0.29) is 18.3 Å². The predicted molar refractivity (Wildman–Crippen MR) is 130 cm³/mol. The first-order chi connectivity index (χ1) is 18.2. The number of carbonyl (C=O) groups is 2. The third-order valence-corrected chi connectivity index (χ3v) is 6.20. The van der Waals surface area contributed by atoms with E-state index in [9.17, 15) is 32.3 Å². The van der Waals surface area contributed by atoms with Gasteiger partial charge in [0.25, 0.3) is 5.91 Å². The van der Waals surface area contributed by atoms with E-state index in [4.69, 9.17) is 4.74 Å². The molecular formula is C28H20F4N2O4. The number of carboxylic acid groups (broad SMARTS) is 1. The fraction of sp³-hybridized carbons (Fsp3) is 0.179. The molecule has 6 nitrogen and oxygen atoms in total. The number of pyridine rings is 1. The highest BCUT2D eigenvalue weighted by molar-refractivity contribution is 5.99. The van der Waals surface area contributed by atoms with Crippen LogP contribution in [0.3, 0.4) is 0 Å². The van der Waals surface area contributed by atoms with Gasteiger partial charge < -0.3 is 15.2 Å². The zero-order chi connectivity index (χ0) is 27.0. The summed E-state index contributed by atoms with van der Waals surface area (Å²) in [6.45, 7) is 0. The Balaban J connectivity index is 1.52. The molecule has 10 heteroatoms. The van der Waals surface area contributed by atoms with E-state index in [1.165, 1.54) is 6.20 Å². The number of hydrogen-bond acceptors (Lipinski definition) is 4. The number of halogens is 4. The van der Waals surface area contributed by atoms with E-state index in [0.717, 1.165) is 43.2 Å². The van der Waals surface area contributed by atoms with Gasteiger partial charge in [-0.3, -0.25) is 9.78 Å². The van der Waals surface area contributed by atoms with Gasteiger partial charge in [-0.15, -0.1) is 0 Å². The van der Waals surface area contributed by atoms with Crippen LogP contribution in [0.15, 0.2) is 60.8 Å². The van der Waals surface area contributed by atoms with E-state index in [2.05, 4.69) is 10.3 Å². The van der Waals surface area contributed by atoms with Gasteiger partial charge in [0.15, 0.2) is 11.6 Å². The van der Waals surface area contributed by atoms with Gasteiger partial charge in [0.1, 0.15) is 29.0 Å². The third kappa shape index (κ3) is 5.02. The average molecular weight is 524 g/mol. The van der Waals surface area contributed by atoms with Crippen molar-refractivity contribution in [3.8, 4) is 16.9 Å². The lowest BCUT2D eigenvalue weighted by Crippen LogP contribution is -2.43. The number of fused-ring (bicyclic) bond motifs is 1. The second-order valence-corrected chi connectivity index (χ2v) is 8.92. The minimum atomic E-state index is -1.55. The zero-order valence-electron chi connectivity index (χ0n) is 19.7. The number of nitrogens with one attached hydrogen (secondary N) is 1. The van der Waals surface area contributed by atoms with Crippen LogP contribution in [0.5, 0.6) is 5.75 Å². The maximum absolute atomic E-state index is 14.3. The van der Waals surface area contributed by atoms with Crippen molar-refractivity contribution in [2.24, 2.45) is 0 Å². The monoisotopic (exact) mass is 524 g/mol. The molecule has 1 atom stereocenters. The minimum Gasteiger partial charge on any atom is -0.490 e. The van der Waals surface area contributed by atoms with E-state index < -0.39 is 46.8 Å². The lowest BCUT2D eigenvalue weighted by Gasteiger charge is -2.18. The number of carboxylic acids is 1. The number of carbonyl (C=O) groups excluding carboxylic acids is 1. The van der Waals surface area contributed by atoms with Crippen molar-refractivity contribution >= 4 is 22.8 Å². The van der Waals surface area contributed by atoms with E-state index in [1.807, 2.05) is 0 Å². The van der Waals surface area contributed by atoms with Crippen LogP contribution in [0.4, 0.5) is 17.6 Å². The van der Waals surface area contributed by atoms with Crippen molar-refractivity contribution in [3.63, 3.8) is 0 Å². The average Bonchev–Trinajstić information content (AvgIpc) is 3.70. The van der Waals surface area contributed by atoms with Gasteiger partial charge in [0, 0.05) is 29.6 Å². The highest BCUT2D eigenvalue weighted by Crippen LogP contribution is 2.39. The third-order valence-electron chi connectivity index (χ3n) is 6.20. The topological polar surface area (TPSA) is 88.5 Å². The Morgan fingerprint density at radius 1 is 0.947 bits per heavy atom. The maximum Gasteiger partial charge on any atom is 0.326 e. The van der Waals surface area contributed by atoms with Crippen molar-refractivity contribution in [2.75, 3.05) is 0 Å². The Morgan fingerprint density at radius 3 is 2.34 bits per heavy atom. The van der Waals surface area contributed by atoms with Crippen LogP contribution < -0.4 is 10.1 Å².